The second kappa shape index (κ2) is 8.00. The molecule has 7 heteroatoms. The highest BCUT2D eigenvalue weighted by molar-refractivity contribution is 9.10. The third-order valence-electron chi connectivity index (χ3n) is 2.84. The van der Waals surface area contributed by atoms with E-state index < -0.39 is 4.92 Å². The average molecular weight is 374 g/mol. The summed E-state index contributed by atoms with van der Waals surface area (Å²) in [6, 6.07) is 13.2. The van der Waals surface area contributed by atoms with Crippen molar-refractivity contribution in [3.63, 3.8) is 0 Å². The molecule has 2 aromatic carbocycles. The van der Waals surface area contributed by atoms with Gasteiger partial charge in [0.2, 0.25) is 0 Å². The average Bonchev–Trinajstić information content (AvgIpc) is 2.55. The number of allylic oxidation sites excluding steroid dienone is 1. The van der Waals surface area contributed by atoms with Crippen molar-refractivity contribution < 1.29 is 9.72 Å². The van der Waals surface area contributed by atoms with E-state index >= 15 is 0 Å². The number of amides is 1. The first-order chi connectivity index (χ1) is 11.1. The maximum absolute atomic E-state index is 11.8. The molecule has 2 rings (SSSR count). The highest BCUT2D eigenvalue weighted by Crippen LogP contribution is 2.18. The minimum absolute atomic E-state index is 0.0102. The van der Waals surface area contributed by atoms with Crippen molar-refractivity contribution in [1.82, 2.24) is 5.43 Å². The van der Waals surface area contributed by atoms with Gasteiger partial charge in [-0.25, -0.2) is 5.43 Å². The summed E-state index contributed by atoms with van der Waals surface area (Å²) in [4.78, 5) is 22.2. The van der Waals surface area contributed by atoms with E-state index in [1.54, 1.807) is 48.5 Å². The summed E-state index contributed by atoms with van der Waals surface area (Å²) < 4.78 is 0.880. The SMILES string of the molecule is O=C(N/N=C/C=C/c1ccccc1[N+](=O)[O-])c1ccc(Br)cc1. The molecule has 0 aliphatic carbocycles. The van der Waals surface area contributed by atoms with Gasteiger partial charge in [0.25, 0.3) is 11.6 Å². The molecule has 0 bridgehead atoms. The predicted molar refractivity (Wildman–Crippen MR) is 92.2 cm³/mol. The number of halogens is 1. The summed E-state index contributed by atoms with van der Waals surface area (Å²) in [5.41, 5.74) is 3.32. The number of hydrazone groups is 1. The van der Waals surface area contributed by atoms with Crippen molar-refractivity contribution in [3.05, 3.63) is 80.3 Å². The van der Waals surface area contributed by atoms with Crippen LogP contribution in [0.25, 0.3) is 6.08 Å². The van der Waals surface area contributed by atoms with E-state index in [1.807, 2.05) is 0 Å². The first-order valence-electron chi connectivity index (χ1n) is 6.57. The number of hydrogen-bond acceptors (Lipinski definition) is 4. The molecule has 0 unspecified atom stereocenters. The molecule has 0 saturated carbocycles. The van der Waals surface area contributed by atoms with E-state index in [1.165, 1.54) is 18.4 Å². The summed E-state index contributed by atoms with van der Waals surface area (Å²) in [5, 5.41) is 14.6. The number of benzene rings is 2. The number of nitrogens with one attached hydrogen (secondary N) is 1. The topological polar surface area (TPSA) is 84.6 Å². The highest BCUT2D eigenvalue weighted by Gasteiger charge is 2.08. The monoisotopic (exact) mass is 373 g/mol. The molecule has 0 atom stereocenters. The Balaban J connectivity index is 1.95. The second-order valence-corrected chi connectivity index (χ2v) is 5.32. The van der Waals surface area contributed by atoms with E-state index in [0.29, 0.717) is 11.1 Å². The largest absolute Gasteiger partial charge is 0.276 e. The predicted octanol–water partition coefficient (Wildman–Crippen LogP) is 3.79. The number of nitro benzene ring substituents is 1. The normalized spacial score (nSPS) is 11.0. The smallest absolute Gasteiger partial charge is 0.267 e. The number of nitrogens with zero attached hydrogens (tertiary/aromatic N) is 2. The van der Waals surface area contributed by atoms with E-state index in [2.05, 4.69) is 26.5 Å². The van der Waals surface area contributed by atoms with Crippen LogP contribution in [0.1, 0.15) is 15.9 Å². The number of carbonyl (C=O) groups excluding carboxylic acids is 1. The molecule has 1 N–H and O–H groups in total. The summed E-state index contributed by atoms with van der Waals surface area (Å²) in [6.45, 7) is 0. The van der Waals surface area contributed by atoms with E-state index in [0.717, 1.165) is 4.47 Å². The Labute approximate surface area is 140 Å². The number of rotatable bonds is 5. The fourth-order valence-corrected chi connectivity index (χ4v) is 2.01. The van der Waals surface area contributed by atoms with Gasteiger partial charge in [0.1, 0.15) is 0 Å². The van der Waals surface area contributed by atoms with E-state index in [9.17, 15) is 14.9 Å². The Morgan fingerprint density at radius 3 is 2.57 bits per heavy atom. The lowest BCUT2D eigenvalue weighted by atomic mass is 10.2. The molecule has 0 aliphatic heterocycles. The zero-order valence-corrected chi connectivity index (χ0v) is 13.4. The van der Waals surface area contributed by atoms with E-state index in [-0.39, 0.29) is 11.6 Å². The Morgan fingerprint density at radius 1 is 1.17 bits per heavy atom. The molecule has 6 nitrogen and oxygen atoms in total. The fourth-order valence-electron chi connectivity index (χ4n) is 1.75. The van der Waals surface area contributed by atoms with Crippen molar-refractivity contribution in [2.75, 3.05) is 0 Å². The summed E-state index contributed by atoms with van der Waals surface area (Å²) in [5.74, 6) is -0.340. The summed E-state index contributed by atoms with van der Waals surface area (Å²) in [7, 11) is 0. The van der Waals surface area contributed by atoms with Gasteiger partial charge in [0, 0.05) is 22.3 Å². The van der Waals surface area contributed by atoms with Crippen LogP contribution in [0.2, 0.25) is 0 Å². The van der Waals surface area contributed by atoms with Crippen LogP contribution >= 0.6 is 15.9 Å². The van der Waals surface area contributed by atoms with Crippen LogP contribution in [-0.4, -0.2) is 17.0 Å². The molecule has 116 valence electrons. The zero-order chi connectivity index (χ0) is 16.7. The fraction of sp³-hybridized carbons (Fsp3) is 0. The van der Waals surface area contributed by atoms with Gasteiger partial charge >= 0.3 is 0 Å². The molecule has 0 saturated heterocycles. The maximum atomic E-state index is 11.8. The Hall–Kier alpha value is -2.80. The lowest BCUT2D eigenvalue weighted by Crippen LogP contribution is -2.17. The molecule has 0 heterocycles. The van der Waals surface area contributed by atoms with Crippen molar-refractivity contribution in [3.8, 4) is 0 Å². The van der Waals surface area contributed by atoms with Gasteiger partial charge in [-0.2, -0.15) is 5.10 Å². The van der Waals surface area contributed by atoms with Gasteiger partial charge in [0.15, 0.2) is 0 Å². The van der Waals surface area contributed by atoms with Gasteiger partial charge in [-0.1, -0.05) is 28.1 Å². The van der Waals surface area contributed by atoms with Crippen LogP contribution in [-0.2, 0) is 0 Å². The molecule has 23 heavy (non-hydrogen) atoms. The lowest BCUT2D eigenvalue weighted by Gasteiger charge is -1.99. The minimum atomic E-state index is -0.452. The molecule has 0 aromatic heterocycles. The van der Waals surface area contributed by atoms with Crippen LogP contribution < -0.4 is 5.43 Å². The van der Waals surface area contributed by atoms with Crippen LogP contribution in [0, 0.1) is 10.1 Å². The molecule has 2 aromatic rings. The Morgan fingerprint density at radius 2 is 1.87 bits per heavy atom. The minimum Gasteiger partial charge on any atom is -0.267 e. The van der Waals surface area contributed by atoms with Crippen LogP contribution in [0.15, 0.2) is 64.2 Å². The molecular formula is C16H12BrN3O3. The Bertz CT molecular complexity index is 770. The second-order valence-electron chi connectivity index (χ2n) is 4.40. The van der Waals surface area contributed by atoms with Crippen molar-refractivity contribution in [2.24, 2.45) is 5.10 Å². The van der Waals surface area contributed by atoms with Crippen molar-refractivity contribution in [2.45, 2.75) is 0 Å². The quantitative estimate of drug-likeness (QED) is 0.491. The van der Waals surface area contributed by atoms with Gasteiger partial charge in [-0.15, -0.1) is 0 Å². The third kappa shape index (κ3) is 4.86. The molecule has 0 radical (unpaired) electrons. The molecule has 0 fully saturated rings. The number of carbonyl (C=O) groups is 1. The lowest BCUT2D eigenvalue weighted by molar-refractivity contribution is -0.385. The molecular weight excluding hydrogens is 362 g/mol. The first-order valence-corrected chi connectivity index (χ1v) is 7.36. The first kappa shape index (κ1) is 16.6. The van der Waals surface area contributed by atoms with Gasteiger partial charge in [-0.3, -0.25) is 14.9 Å². The highest BCUT2D eigenvalue weighted by atomic mass is 79.9. The number of para-hydroxylation sites is 1. The van der Waals surface area contributed by atoms with Crippen LogP contribution in [0.3, 0.4) is 0 Å². The van der Waals surface area contributed by atoms with Gasteiger partial charge in [-0.05, 0) is 42.5 Å². The standard InChI is InChI=1S/C16H12BrN3O3/c17-14-9-7-13(8-10-14)16(21)19-18-11-3-5-12-4-1-2-6-15(12)20(22)23/h1-11H,(H,19,21)/b5-3+,18-11+. The third-order valence-corrected chi connectivity index (χ3v) is 3.37. The zero-order valence-electron chi connectivity index (χ0n) is 11.8. The summed E-state index contributed by atoms with van der Waals surface area (Å²) >= 11 is 3.29. The van der Waals surface area contributed by atoms with Crippen molar-refractivity contribution in [1.29, 1.82) is 0 Å². The van der Waals surface area contributed by atoms with E-state index in [4.69, 9.17) is 0 Å². The van der Waals surface area contributed by atoms with Crippen molar-refractivity contribution >= 4 is 39.8 Å². The summed E-state index contributed by atoms with van der Waals surface area (Å²) in [6.07, 6.45) is 4.42. The molecule has 0 spiro atoms. The number of hydrogen-bond donors (Lipinski definition) is 1. The maximum Gasteiger partial charge on any atom is 0.276 e. The molecule has 1 amide bonds. The van der Waals surface area contributed by atoms with Gasteiger partial charge in [0.05, 0.1) is 10.5 Å². The van der Waals surface area contributed by atoms with Crippen LogP contribution in [0.4, 0.5) is 5.69 Å². The van der Waals surface area contributed by atoms with Gasteiger partial charge < -0.3 is 0 Å². The molecule has 0 aliphatic rings. The Kier molecular flexibility index (Phi) is 5.76. The van der Waals surface area contributed by atoms with Crippen LogP contribution in [0.5, 0.6) is 0 Å². The number of nitro groups is 1.